The Bertz CT molecular complexity index is 1180. The smallest absolute Gasteiger partial charge is 0.177 e. The van der Waals surface area contributed by atoms with Crippen LogP contribution in [-0.4, -0.2) is 12.8 Å². The highest BCUT2D eigenvalue weighted by Gasteiger charge is 2.21. The highest BCUT2D eigenvalue weighted by Crippen LogP contribution is 2.44. The first-order valence-electron chi connectivity index (χ1n) is 10.5. The molecule has 0 saturated heterocycles. The number of ether oxygens (including phenoxy) is 2. The van der Waals surface area contributed by atoms with Crippen molar-refractivity contribution < 1.29 is 9.47 Å². The fraction of sp³-hybridized carbons (Fsp3) is 0.280. The first-order chi connectivity index (χ1) is 15.6. The Kier molecular flexibility index (Phi) is 7.67. The van der Waals surface area contributed by atoms with E-state index in [-0.39, 0.29) is 0 Å². The van der Waals surface area contributed by atoms with Crippen molar-refractivity contribution in [2.24, 2.45) is 4.99 Å². The van der Waals surface area contributed by atoms with E-state index in [0.717, 1.165) is 49.9 Å². The van der Waals surface area contributed by atoms with Crippen LogP contribution in [0, 0.1) is 11.3 Å². The van der Waals surface area contributed by atoms with Crippen LogP contribution in [0.3, 0.4) is 0 Å². The summed E-state index contributed by atoms with van der Waals surface area (Å²) in [7, 11) is 0. The van der Waals surface area contributed by atoms with Gasteiger partial charge in [0.1, 0.15) is 17.7 Å². The number of benzene rings is 2. The van der Waals surface area contributed by atoms with Gasteiger partial charge in [0.25, 0.3) is 0 Å². The lowest BCUT2D eigenvalue weighted by Gasteiger charge is -2.16. The molecule has 0 bridgehead atoms. The highest BCUT2D eigenvalue weighted by atomic mass is 79.9. The van der Waals surface area contributed by atoms with Crippen molar-refractivity contribution in [3.8, 4) is 17.6 Å². The Balaban J connectivity index is 1.65. The summed E-state index contributed by atoms with van der Waals surface area (Å²) >= 11 is 8.97. The minimum Gasteiger partial charge on any atom is -0.490 e. The summed E-state index contributed by atoms with van der Waals surface area (Å²) in [5, 5.41) is 10.5. The molecule has 0 spiro atoms. The lowest BCUT2D eigenvalue weighted by molar-refractivity contribution is 0.267. The number of halogens is 2. The Labute approximate surface area is 209 Å². The first kappa shape index (κ1) is 23.0. The monoisotopic (exact) mass is 572 g/mol. The second kappa shape index (κ2) is 10.7. The van der Waals surface area contributed by atoms with E-state index in [9.17, 15) is 5.26 Å². The van der Waals surface area contributed by atoms with Gasteiger partial charge in [0.05, 0.1) is 16.6 Å². The summed E-state index contributed by atoms with van der Waals surface area (Å²) in [5.74, 6) is 1.29. The number of rotatable bonds is 7. The second-order valence-corrected chi connectivity index (χ2v) is 10.1. The molecule has 7 heteroatoms. The molecule has 4 rings (SSSR count). The van der Waals surface area contributed by atoms with E-state index in [0.29, 0.717) is 24.7 Å². The average molecular weight is 574 g/mol. The Hall–Kier alpha value is -2.14. The van der Waals surface area contributed by atoms with Gasteiger partial charge in [-0.2, -0.15) is 5.26 Å². The average Bonchev–Trinajstić information content (AvgIpc) is 3.18. The number of aliphatic imine (C=N–C) groups is 1. The van der Waals surface area contributed by atoms with E-state index in [4.69, 9.17) is 14.5 Å². The Morgan fingerprint density at radius 3 is 2.66 bits per heavy atom. The molecule has 0 radical (unpaired) electrons. The number of fused-ring (bicyclic) bond motifs is 1. The number of hydrogen-bond donors (Lipinski definition) is 0. The molecule has 0 amide bonds. The first-order valence-corrected chi connectivity index (χ1v) is 12.9. The zero-order valence-electron chi connectivity index (χ0n) is 17.7. The van der Waals surface area contributed by atoms with Crippen molar-refractivity contribution in [2.45, 2.75) is 39.2 Å². The van der Waals surface area contributed by atoms with Crippen LogP contribution in [0.5, 0.6) is 11.5 Å². The van der Waals surface area contributed by atoms with Gasteiger partial charge in [-0.15, -0.1) is 11.3 Å². The van der Waals surface area contributed by atoms with Crippen LogP contribution >= 0.6 is 43.2 Å². The van der Waals surface area contributed by atoms with Gasteiger partial charge in [-0.25, -0.2) is 4.99 Å². The van der Waals surface area contributed by atoms with Crippen molar-refractivity contribution in [1.29, 1.82) is 5.26 Å². The van der Waals surface area contributed by atoms with Crippen LogP contribution in [0.4, 0.5) is 5.00 Å². The molecule has 0 unspecified atom stereocenters. The van der Waals surface area contributed by atoms with Crippen molar-refractivity contribution in [1.82, 2.24) is 0 Å². The minimum absolute atomic E-state index is 0.436. The second-order valence-electron chi connectivity index (χ2n) is 7.39. The Morgan fingerprint density at radius 1 is 1.12 bits per heavy atom. The largest absolute Gasteiger partial charge is 0.490 e. The maximum Gasteiger partial charge on any atom is 0.177 e. The molecule has 4 nitrogen and oxygen atoms in total. The van der Waals surface area contributed by atoms with Crippen LogP contribution in [0.2, 0.25) is 0 Å². The fourth-order valence-electron chi connectivity index (χ4n) is 3.71. The molecule has 1 heterocycles. The van der Waals surface area contributed by atoms with Gasteiger partial charge in [-0.05, 0) is 81.7 Å². The number of hydrogen-bond acceptors (Lipinski definition) is 5. The molecule has 164 valence electrons. The standard InChI is InChI=1S/C25H22Br2N2O2S/c1-2-30-20-12-17(14-29-25-19(13-28)18-10-6-7-11-21(18)32-25)22(26)23(27)24(20)31-15-16-8-4-3-5-9-16/h3-5,8-9,12,14H,2,6-7,10-11,15H2,1H3. The van der Waals surface area contributed by atoms with E-state index in [2.05, 4.69) is 37.9 Å². The van der Waals surface area contributed by atoms with Crippen molar-refractivity contribution in [2.75, 3.05) is 6.61 Å². The predicted molar refractivity (Wildman–Crippen MR) is 137 cm³/mol. The van der Waals surface area contributed by atoms with Gasteiger partial charge >= 0.3 is 0 Å². The Morgan fingerprint density at radius 2 is 1.91 bits per heavy atom. The molecule has 32 heavy (non-hydrogen) atoms. The molecular weight excluding hydrogens is 552 g/mol. The molecule has 1 aliphatic carbocycles. The molecule has 0 aliphatic heterocycles. The summed E-state index contributed by atoms with van der Waals surface area (Å²) in [5.41, 5.74) is 3.84. The predicted octanol–water partition coefficient (Wildman–Crippen LogP) is 7.75. The normalized spacial score (nSPS) is 13.1. The fourth-order valence-corrected chi connectivity index (χ4v) is 5.83. The van der Waals surface area contributed by atoms with Gasteiger partial charge in [-0.1, -0.05) is 30.3 Å². The maximum absolute atomic E-state index is 9.69. The zero-order chi connectivity index (χ0) is 22.5. The summed E-state index contributed by atoms with van der Waals surface area (Å²) in [4.78, 5) is 6.01. The van der Waals surface area contributed by atoms with Crippen molar-refractivity contribution >= 4 is 54.4 Å². The van der Waals surface area contributed by atoms with Gasteiger partial charge in [0.2, 0.25) is 0 Å². The molecule has 1 aromatic heterocycles. The molecule has 0 N–H and O–H groups in total. The summed E-state index contributed by atoms with van der Waals surface area (Å²) in [6.07, 6.45) is 6.13. The SMILES string of the molecule is CCOc1cc(C=Nc2sc3c(c2C#N)CCCC3)c(Br)c(Br)c1OCc1ccccc1. The molecule has 3 aromatic rings. The number of thiophene rings is 1. The number of nitriles is 1. The topological polar surface area (TPSA) is 54.6 Å². The molecule has 1 aliphatic rings. The third kappa shape index (κ3) is 4.93. The van der Waals surface area contributed by atoms with Crippen LogP contribution < -0.4 is 9.47 Å². The third-order valence-corrected chi connectivity index (χ3v) is 8.61. The van der Waals surface area contributed by atoms with Crippen LogP contribution in [0.25, 0.3) is 0 Å². The number of aryl methyl sites for hydroxylation is 1. The summed E-state index contributed by atoms with van der Waals surface area (Å²) in [6.45, 7) is 2.90. The van der Waals surface area contributed by atoms with Crippen molar-refractivity contribution in [3.63, 3.8) is 0 Å². The third-order valence-electron chi connectivity index (χ3n) is 5.27. The van der Waals surface area contributed by atoms with E-state index in [1.54, 1.807) is 17.6 Å². The van der Waals surface area contributed by atoms with Gasteiger partial charge in [-0.3, -0.25) is 0 Å². The molecule has 2 aromatic carbocycles. The van der Waals surface area contributed by atoms with E-state index < -0.39 is 0 Å². The van der Waals surface area contributed by atoms with Crippen LogP contribution in [-0.2, 0) is 19.4 Å². The molecule has 0 fully saturated rings. The molecular formula is C25H22Br2N2O2S. The van der Waals surface area contributed by atoms with Gasteiger partial charge < -0.3 is 9.47 Å². The summed E-state index contributed by atoms with van der Waals surface area (Å²) in [6, 6.07) is 14.3. The highest BCUT2D eigenvalue weighted by molar-refractivity contribution is 9.13. The van der Waals surface area contributed by atoms with Gasteiger partial charge in [0, 0.05) is 21.1 Å². The maximum atomic E-state index is 9.69. The van der Waals surface area contributed by atoms with Crippen LogP contribution in [0.15, 0.2) is 50.3 Å². The van der Waals surface area contributed by atoms with Crippen molar-refractivity contribution in [3.05, 3.63) is 72.5 Å². The molecule has 0 saturated carbocycles. The quantitative estimate of drug-likeness (QED) is 0.271. The summed E-state index contributed by atoms with van der Waals surface area (Å²) < 4.78 is 13.6. The minimum atomic E-state index is 0.436. The van der Waals surface area contributed by atoms with Gasteiger partial charge in [0.15, 0.2) is 11.5 Å². The van der Waals surface area contributed by atoms with E-state index in [1.165, 1.54) is 16.9 Å². The lowest BCUT2D eigenvalue weighted by atomic mass is 9.96. The van der Waals surface area contributed by atoms with E-state index >= 15 is 0 Å². The number of nitrogens with zero attached hydrogens (tertiary/aromatic N) is 2. The van der Waals surface area contributed by atoms with E-state index in [1.807, 2.05) is 43.3 Å². The van der Waals surface area contributed by atoms with Crippen LogP contribution in [0.1, 0.15) is 46.9 Å². The zero-order valence-corrected chi connectivity index (χ0v) is 21.6. The molecule has 0 atom stereocenters. The lowest BCUT2D eigenvalue weighted by Crippen LogP contribution is -2.02.